The number of rotatable bonds is 6. The molecule has 0 amide bonds. The van der Waals surface area contributed by atoms with E-state index in [0.717, 1.165) is 11.8 Å². The van der Waals surface area contributed by atoms with Gasteiger partial charge in [0.2, 0.25) is 0 Å². The van der Waals surface area contributed by atoms with Crippen molar-refractivity contribution in [2.45, 2.75) is 32.6 Å². The fourth-order valence-corrected chi connectivity index (χ4v) is 2.59. The van der Waals surface area contributed by atoms with Crippen LogP contribution in [-0.4, -0.2) is 0 Å². The Morgan fingerprint density at radius 3 is 2.06 bits per heavy atom. The van der Waals surface area contributed by atoms with E-state index in [1.165, 1.54) is 25.7 Å². The highest BCUT2D eigenvalue weighted by molar-refractivity contribution is 5.18. The lowest BCUT2D eigenvalue weighted by atomic mass is 9.91. The first-order valence-corrected chi connectivity index (χ1v) is 6.54. The molecule has 86 valence electrons. The smallest absolute Gasteiger partial charge is 0.00447 e. The average Bonchev–Trinajstić information content (AvgIpc) is 2.90. The van der Waals surface area contributed by atoms with E-state index in [4.69, 9.17) is 0 Å². The summed E-state index contributed by atoms with van der Waals surface area (Å²) in [4.78, 5) is 0. The van der Waals surface area contributed by atoms with Crippen molar-refractivity contribution in [1.29, 1.82) is 0 Å². The van der Waals surface area contributed by atoms with E-state index in [-0.39, 0.29) is 0 Å². The number of hydrogen-bond acceptors (Lipinski definition) is 0. The second-order valence-electron chi connectivity index (χ2n) is 5.14. The summed E-state index contributed by atoms with van der Waals surface area (Å²) in [6.07, 6.45) is 23.3. The van der Waals surface area contributed by atoms with Crippen molar-refractivity contribution in [3.63, 3.8) is 0 Å². The second kappa shape index (κ2) is 5.89. The molecule has 1 unspecified atom stereocenters. The van der Waals surface area contributed by atoms with Gasteiger partial charge in [-0.05, 0) is 30.6 Å². The lowest BCUT2D eigenvalue weighted by Crippen LogP contribution is -2.02. The maximum atomic E-state index is 2.39. The van der Waals surface area contributed by atoms with E-state index in [9.17, 15) is 0 Å². The summed E-state index contributed by atoms with van der Waals surface area (Å²) < 4.78 is 0. The second-order valence-corrected chi connectivity index (χ2v) is 5.14. The molecule has 1 atom stereocenters. The minimum atomic E-state index is 0.710. The van der Waals surface area contributed by atoms with Gasteiger partial charge in [0.05, 0.1) is 0 Å². The summed E-state index contributed by atoms with van der Waals surface area (Å²) in [5.74, 6) is 2.28. The third-order valence-electron chi connectivity index (χ3n) is 3.56. The Labute approximate surface area is 99.4 Å². The average molecular weight is 214 g/mol. The molecule has 0 fully saturated rings. The normalized spacial score (nSPS) is 21.3. The molecule has 0 aliphatic heterocycles. The molecular formula is C16H22. The zero-order valence-corrected chi connectivity index (χ0v) is 10.2. The molecule has 16 heavy (non-hydrogen) atoms. The third-order valence-corrected chi connectivity index (χ3v) is 3.56. The van der Waals surface area contributed by atoms with Gasteiger partial charge in [-0.25, -0.2) is 0 Å². The minimum absolute atomic E-state index is 0.710. The van der Waals surface area contributed by atoms with Crippen LogP contribution in [0, 0.1) is 17.8 Å². The Morgan fingerprint density at radius 2 is 1.44 bits per heavy atom. The molecule has 0 saturated carbocycles. The van der Waals surface area contributed by atoms with Gasteiger partial charge in [0.15, 0.2) is 0 Å². The van der Waals surface area contributed by atoms with Gasteiger partial charge in [-0.3, -0.25) is 0 Å². The lowest BCUT2D eigenvalue weighted by Gasteiger charge is -2.14. The van der Waals surface area contributed by atoms with Crippen LogP contribution in [0.3, 0.4) is 0 Å². The maximum Gasteiger partial charge on any atom is -0.00447 e. The minimum Gasteiger partial charge on any atom is -0.0776 e. The van der Waals surface area contributed by atoms with Crippen LogP contribution < -0.4 is 0 Å². The molecule has 0 aromatic rings. The van der Waals surface area contributed by atoms with Crippen molar-refractivity contribution in [1.82, 2.24) is 0 Å². The van der Waals surface area contributed by atoms with E-state index in [1.54, 1.807) is 0 Å². The monoisotopic (exact) mass is 214 g/mol. The van der Waals surface area contributed by atoms with Crippen LogP contribution in [-0.2, 0) is 0 Å². The van der Waals surface area contributed by atoms with E-state index in [2.05, 4.69) is 55.5 Å². The third kappa shape index (κ3) is 3.52. The van der Waals surface area contributed by atoms with Crippen molar-refractivity contribution in [2.24, 2.45) is 17.8 Å². The zero-order chi connectivity index (χ0) is 11.2. The highest BCUT2D eigenvalue weighted by Gasteiger charge is 2.10. The summed E-state index contributed by atoms with van der Waals surface area (Å²) in [6.45, 7) is 2.39. The molecule has 0 N–H and O–H groups in total. The van der Waals surface area contributed by atoms with Crippen LogP contribution >= 0.6 is 0 Å². The SMILES string of the molecule is CC(CCCC1C=CC=C1)CC1C=CC=C1. The number of allylic oxidation sites excluding steroid dienone is 8. The quantitative estimate of drug-likeness (QED) is 0.603. The molecule has 2 aliphatic carbocycles. The highest BCUT2D eigenvalue weighted by atomic mass is 14.2. The van der Waals surface area contributed by atoms with Crippen molar-refractivity contribution >= 4 is 0 Å². The summed E-state index contributed by atoms with van der Waals surface area (Å²) >= 11 is 0. The molecule has 0 aromatic carbocycles. The van der Waals surface area contributed by atoms with Crippen LogP contribution in [0.2, 0.25) is 0 Å². The molecule has 0 aromatic heterocycles. The molecule has 0 saturated heterocycles. The molecule has 0 spiro atoms. The van der Waals surface area contributed by atoms with Gasteiger partial charge in [0, 0.05) is 0 Å². The molecular weight excluding hydrogens is 192 g/mol. The fraction of sp³-hybridized carbons (Fsp3) is 0.500. The molecule has 0 bridgehead atoms. The Morgan fingerprint density at radius 1 is 0.875 bits per heavy atom. The first-order chi connectivity index (χ1) is 7.84. The Hall–Kier alpha value is -1.04. The van der Waals surface area contributed by atoms with E-state index < -0.39 is 0 Å². The van der Waals surface area contributed by atoms with Crippen LogP contribution in [0.15, 0.2) is 48.6 Å². The first-order valence-electron chi connectivity index (χ1n) is 6.54. The van der Waals surface area contributed by atoms with Crippen molar-refractivity contribution in [3.05, 3.63) is 48.6 Å². The summed E-state index contributed by atoms with van der Waals surface area (Å²) in [5.41, 5.74) is 0. The Kier molecular flexibility index (Phi) is 4.21. The fourth-order valence-electron chi connectivity index (χ4n) is 2.59. The first kappa shape index (κ1) is 11.4. The highest BCUT2D eigenvalue weighted by Crippen LogP contribution is 2.24. The molecule has 0 heterocycles. The van der Waals surface area contributed by atoms with Gasteiger partial charge in [-0.2, -0.15) is 0 Å². The van der Waals surface area contributed by atoms with Gasteiger partial charge in [-0.1, -0.05) is 68.4 Å². The largest absolute Gasteiger partial charge is 0.0776 e. The Balaban J connectivity index is 1.58. The molecule has 2 rings (SSSR count). The maximum absolute atomic E-state index is 2.39. The lowest BCUT2D eigenvalue weighted by molar-refractivity contribution is 0.431. The molecule has 0 radical (unpaired) electrons. The number of hydrogen-bond donors (Lipinski definition) is 0. The van der Waals surface area contributed by atoms with Crippen LogP contribution in [0.1, 0.15) is 32.6 Å². The predicted octanol–water partition coefficient (Wildman–Crippen LogP) is 4.67. The predicted molar refractivity (Wildman–Crippen MR) is 71.2 cm³/mol. The molecule has 0 nitrogen and oxygen atoms in total. The van der Waals surface area contributed by atoms with Gasteiger partial charge in [0.1, 0.15) is 0 Å². The van der Waals surface area contributed by atoms with Crippen molar-refractivity contribution < 1.29 is 0 Å². The Bertz CT molecular complexity index is 293. The van der Waals surface area contributed by atoms with Crippen molar-refractivity contribution in [3.8, 4) is 0 Å². The topological polar surface area (TPSA) is 0 Å². The van der Waals surface area contributed by atoms with Gasteiger partial charge < -0.3 is 0 Å². The van der Waals surface area contributed by atoms with Gasteiger partial charge in [0.25, 0.3) is 0 Å². The summed E-state index contributed by atoms with van der Waals surface area (Å²) in [6, 6.07) is 0. The summed E-state index contributed by atoms with van der Waals surface area (Å²) in [7, 11) is 0. The van der Waals surface area contributed by atoms with E-state index >= 15 is 0 Å². The zero-order valence-electron chi connectivity index (χ0n) is 10.2. The molecule has 2 aliphatic rings. The van der Waals surface area contributed by atoms with Crippen LogP contribution in [0.5, 0.6) is 0 Å². The van der Waals surface area contributed by atoms with Gasteiger partial charge in [-0.15, -0.1) is 0 Å². The summed E-state index contributed by atoms with van der Waals surface area (Å²) in [5, 5.41) is 0. The standard InChI is InChI=1S/C16H22/c1-14(13-16-10-4-5-11-16)7-6-12-15-8-2-3-9-15/h2-5,8-11,14-16H,6-7,12-13H2,1H3. The van der Waals surface area contributed by atoms with Crippen molar-refractivity contribution in [2.75, 3.05) is 0 Å². The van der Waals surface area contributed by atoms with Crippen LogP contribution in [0.4, 0.5) is 0 Å². The van der Waals surface area contributed by atoms with Crippen LogP contribution in [0.25, 0.3) is 0 Å². The van der Waals surface area contributed by atoms with Gasteiger partial charge >= 0.3 is 0 Å². The van der Waals surface area contributed by atoms with E-state index in [0.29, 0.717) is 5.92 Å². The van der Waals surface area contributed by atoms with E-state index in [1.807, 2.05) is 0 Å². The molecule has 0 heteroatoms.